The lowest BCUT2D eigenvalue weighted by molar-refractivity contribution is -0.122. The highest BCUT2D eigenvalue weighted by Gasteiger charge is 2.28. The molecule has 8 heteroatoms. The second kappa shape index (κ2) is 5.89. The third kappa shape index (κ3) is 3.85. The molecule has 1 aromatic carbocycles. The molecule has 1 aliphatic rings. The molecule has 20 heavy (non-hydrogen) atoms. The van der Waals surface area contributed by atoms with Crippen molar-refractivity contribution in [3.63, 3.8) is 0 Å². The normalized spacial score (nSPS) is 16.8. The topological polar surface area (TPSA) is 75.3 Å². The van der Waals surface area contributed by atoms with Crippen LogP contribution in [0.5, 0.6) is 0 Å². The van der Waals surface area contributed by atoms with Gasteiger partial charge in [0.25, 0.3) is 0 Å². The van der Waals surface area contributed by atoms with E-state index in [1.807, 2.05) is 0 Å². The molecule has 1 amide bonds. The molecule has 110 valence electrons. The van der Waals surface area contributed by atoms with Gasteiger partial charge < -0.3 is 5.32 Å². The predicted molar refractivity (Wildman–Crippen MR) is 77.4 cm³/mol. The number of nitrogens with one attached hydrogen (secondary N) is 2. The van der Waals surface area contributed by atoms with Crippen molar-refractivity contribution in [3.05, 3.63) is 28.2 Å². The molecule has 5 nitrogen and oxygen atoms in total. The van der Waals surface area contributed by atoms with Gasteiger partial charge in [0.15, 0.2) is 0 Å². The Balaban J connectivity index is 2.13. The summed E-state index contributed by atoms with van der Waals surface area (Å²) >= 11 is 11.6. The fraction of sp³-hybridized carbons (Fsp3) is 0.417. The van der Waals surface area contributed by atoms with Gasteiger partial charge in [-0.15, -0.1) is 0 Å². The van der Waals surface area contributed by atoms with Crippen molar-refractivity contribution in [2.75, 3.05) is 0 Å². The van der Waals surface area contributed by atoms with Crippen LogP contribution in [0.4, 0.5) is 0 Å². The van der Waals surface area contributed by atoms with Crippen LogP contribution in [0.25, 0.3) is 0 Å². The van der Waals surface area contributed by atoms with Crippen LogP contribution in [-0.4, -0.2) is 26.4 Å². The van der Waals surface area contributed by atoms with E-state index in [0.717, 1.165) is 12.8 Å². The van der Waals surface area contributed by atoms with E-state index >= 15 is 0 Å². The number of halogens is 2. The highest BCUT2D eigenvalue weighted by atomic mass is 35.5. The van der Waals surface area contributed by atoms with Crippen LogP contribution in [0.1, 0.15) is 19.8 Å². The Morgan fingerprint density at radius 3 is 2.60 bits per heavy atom. The van der Waals surface area contributed by atoms with E-state index in [2.05, 4.69) is 10.0 Å². The molecule has 0 unspecified atom stereocenters. The Bertz CT molecular complexity index is 630. The van der Waals surface area contributed by atoms with Gasteiger partial charge in [0.05, 0.1) is 11.1 Å². The summed E-state index contributed by atoms with van der Waals surface area (Å²) in [6.45, 7) is 1.48. The number of amides is 1. The second-order valence-electron chi connectivity index (χ2n) is 4.70. The Morgan fingerprint density at radius 2 is 2.00 bits per heavy atom. The van der Waals surface area contributed by atoms with Crippen molar-refractivity contribution < 1.29 is 13.2 Å². The minimum Gasteiger partial charge on any atom is -0.352 e. The number of carbonyl (C=O) groups excluding carboxylic acids is 1. The van der Waals surface area contributed by atoms with Gasteiger partial charge in [0, 0.05) is 11.1 Å². The SMILES string of the molecule is C[C@H](NS(=O)(=O)c1cc(Cl)ccc1Cl)C(=O)NC1CC1. The average Bonchev–Trinajstić information content (AvgIpc) is 3.15. The van der Waals surface area contributed by atoms with Gasteiger partial charge >= 0.3 is 0 Å². The molecular formula is C12H14Cl2N2O3S. The fourth-order valence-electron chi connectivity index (χ4n) is 1.59. The molecule has 1 saturated carbocycles. The predicted octanol–water partition coefficient (Wildman–Crippen LogP) is 1.94. The molecular weight excluding hydrogens is 323 g/mol. The number of benzene rings is 1. The lowest BCUT2D eigenvalue weighted by atomic mass is 10.3. The summed E-state index contributed by atoms with van der Waals surface area (Å²) < 4.78 is 26.7. The smallest absolute Gasteiger partial charge is 0.242 e. The molecule has 2 N–H and O–H groups in total. The van der Waals surface area contributed by atoms with E-state index in [9.17, 15) is 13.2 Å². The minimum atomic E-state index is -3.90. The van der Waals surface area contributed by atoms with E-state index in [1.54, 1.807) is 0 Å². The second-order valence-corrected chi connectivity index (χ2v) is 7.23. The summed E-state index contributed by atoms with van der Waals surface area (Å²) in [5.41, 5.74) is 0. The first kappa shape index (κ1) is 15.6. The van der Waals surface area contributed by atoms with Gasteiger partial charge in [-0.2, -0.15) is 4.72 Å². The molecule has 2 rings (SSSR count). The van der Waals surface area contributed by atoms with Crippen LogP contribution in [0.3, 0.4) is 0 Å². The van der Waals surface area contributed by atoms with Crippen LogP contribution < -0.4 is 10.0 Å². The van der Waals surface area contributed by atoms with Crippen molar-refractivity contribution in [1.82, 2.24) is 10.0 Å². The van der Waals surface area contributed by atoms with Crippen LogP contribution in [-0.2, 0) is 14.8 Å². The van der Waals surface area contributed by atoms with E-state index < -0.39 is 16.1 Å². The van der Waals surface area contributed by atoms with Gasteiger partial charge in [-0.25, -0.2) is 8.42 Å². The van der Waals surface area contributed by atoms with Gasteiger partial charge in [-0.1, -0.05) is 23.2 Å². The van der Waals surface area contributed by atoms with Gasteiger partial charge in [-0.05, 0) is 38.0 Å². The number of hydrogen-bond acceptors (Lipinski definition) is 3. The van der Waals surface area contributed by atoms with E-state index in [0.29, 0.717) is 0 Å². The molecule has 0 radical (unpaired) electrons. The molecule has 1 atom stereocenters. The van der Waals surface area contributed by atoms with Crippen LogP contribution in [0.2, 0.25) is 10.0 Å². The zero-order valence-electron chi connectivity index (χ0n) is 10.7. The lowest BCUT2D eigenvalue weighted by Crippen LogP contribution is -2.45. The average molecular weight is 337 g/mol. The summed E-state index contributed by atoms with van der Waals surface area (Å²) in [7, 11) is -3.90. The molecule has 0 bridgehead atoms. The number of carbonyl (C=O) groups is 1. The van der Waals surface area contributed by atoms with E-state index in [-0.39, 0.29) is 26.9 Å². The van der Waals surface area contributed by atoms with Crippen molar-refractivity contribution in [2.45, 2.75) is 36.7 Å². The molecule has 1 fully saturated rings. The monoisotopic (exact) mass is 336 g/mol. The van der Waals surface area contributed by atoms with Crippen LogP contribution >= 0.6 is 23.2 Å². The van der Waals surface area contributed by atoms with Crippen molar-refractivity contribution in [3.8, 4) is 0 Å². The summed E-state index contributed by atoms with van der Waals surface area (Å²) in [6, 6.07) is 3.43. The maximum absolute atomic E-state index is 12.2. The summed E-state index contributed by atoms with van der Waals surface area (Å²) in [4.78, 5) is 11.6. The van der Waals surface area contributed by atoms with Crippen LogP contribution in [0, 0.1) is 0 Å². The Hall–Kier alpha value is -0.820. The van der Waals surface area contributed by atoms with Gasteiger partial charge in [-0.3, -0.25) is 4.79 Å². The maximum atomic E-state index is 12.2. The number of rotatable bonds is 5. The largest absolute Gasteiger partial charge is 0.352 e. The molecule has 0 aromatic heterocycles. The fourth-order valence-corrected chi connectivity index (χ4v) is 3.55. The minimum absolute atomic E-state index is 0.0525. The third-order valence-corrected chi connectivity index (χ3v) is 5.09. The van der Waals surface area contributed by atoms with E-state index in [1.165, 1.54) is 25.1 Å². The number of hydrogen-bond donors (Lipinski definition) is 2. The Morgan fingerprint density at radius 1 is 1.35 bits per heavy atom. The third-order valence-electron chi connectivity index (χ3n) is 2.83. The zero-order valence-corrected chi connectivity index (χ0v) is 13.0. The number of sulfonamides is 1. The zero-order chi connectivity index (χ0) is 14.9. The highest BCUT2D eigenvalue weighted by molar-refractivity contribution is 7.89. The quantitative estimate of drug-likeness (QED) is 0.862. The Labute approximate surface area is 127 Å². The first-order valence-electron chi connectivity index (χ1n) is 6.07. The maximum Gasteiger partial charge on any atom is 0.242 e. The van der Waals surface area contributed by atoms with Crippen molar-refractivity contribution in [1.29, 1.82) is 0 Å². The molecule has 0 aliphatic heterocycles. The summed E-state index contributed by atoms with van der Waals surface area (Å²) in [5, 5.41) is 3.04. The molecule has 1 aliphatic carbocycles. The molecule has 0 heterocycles. The van der Waals surface area contributed by atoms with Crippen LogP contribution in [0.15, 0.2) is 23.1 Å². The molecule has 0 spiro atoms. The van der Waals surface area contributed by atoms with E-state index in [4.69, 9.17) is 23.2 Å². The van der Waals surface area contributed by atoms with Gasteiger partial charge in [0.2, 0.25) is 15.9 Å². The van der Waals surface area contributed by atoms with Crippen molar-refractivity contribution >= 4 is 39.1 Å². The Kier molecular flexibility index (Phi) is 4.59. The highest BCUT2D eigenvalue weighted by Crippen LogP contribution is 2.25. The standard InChI is InChI=1S/C12H14Cl2N2O3S/c1-7(12(17)15-9-3-4-9)16-20(18,19)11-6-8(13)2-5-10(11)14/h2,5-7,9,16H,3-4H2,1H3,(H,15,17)/t7-/m0/s1. The molecule has 1 aromatic rings. The van der Waals surface area contributed by atoms with Crippen molar-refractivity contribution in [2.24, 2.45) is 0 Å². The first-order chi connectivity index (χ1) is 9.29. The summed E-state index contributed by atoms with van der Waals surface area (Å²) in [6.07, 6.45) is 1.87. The first-order valence-corrected chi connectivity index (χ1v) is 8.31. The summed E-state index contributed by atoms with van der Waals surface area (Å²) in [5.74, 6) is -0.353. The van der Waals surface area contributed by atoms with Gasteiger partial charge in [0.1, 0.15) is 4.90 Å². The molecule has 0 saturated heterocycles. The lowest BCUT2D eigenvalue weighted by Gasteiger charge is -2.15.